The Bertz CT molecular complexity index is 266. The lowest BCUT2D eigenvalue weighted by Crippen LogP contribution is -2.10. The Morgan fingerprint density at radius 3 is 2.77 bits per heavy atom. The van der Waals surface area contributed by atoms with Gasteiger partial charge in [-0.1, -0.05) is 18.2 Å². The molecule has 0 fully saturated rings. The number of carbonyl (C=O) groups excluding carboxylic acids is 1. The van der Waals surface area contributed by atoms with Crippen LogP contribution in [0.3, 0.4) is 0 Å². The molecule has 5 heteroatoms. The van der Waals surface area contributed by atoms with Crippen molar-refractivity contribution in [2.75, 3.05) is 11.2 Å². The first-order chi connectivity index (χ1) is 6.29. The van der Waals surface area contributed by atoms with E-state index in [2.05, 4.69) is 9.50 Å². The van der Waals surface area contributed by atoms with Gasteiger partial charge in [0.05, 0.1) is 17.9 Å². The van der Waals surface area contributed by atoms with Crippen LogP contribution in [0.4, 0.5) is 10.5 Å². The van der Waals surface area contributed by atoms with Gasteiger partial charge in [0.1, 0.15) is 0 Å². The Balaban J connectivity index is 2.17. The minimum absolute atomic E-state index is 0.479. The summed E-state index contributed by atoms with van der Waals surface area (Å²) in [5.41, 5.74) is 5.74. The Morgan fingerprint density at radius 2 is 2.15 bits per heavy atom. The van der Waals surface area contributed by atoms with Gasteiger partial charge in [0.15, 0.2) is 0 Å². The molecular weight excluding hydrogens is 188 g/mol. The molecule has 70 valence electrons. The van der Waals surface area contributed by atoms with Gasteiger partial charge < -0.3 is 15.2 Å². The van der Waals surface area contributed by atoms with Crippen molar-refractivity contribution in [1.82, 2.24) is 0 Å². The first-order valence-electron chi connectivity index (χ1n) is 3.67. The van der Waals surface area contributed by atoms with Crippen LogP contribution in [0.1, 0.15) is 0 Å². The average Bonchev–Trinajstić information content (AvgIpc) is 2.14. The number of hydrogen-bond donors (Lipinski definition) is 2. The van der Waals surface area contributed by atoms with E-state index in [1.165, 1.54) is 0 Å². The SMILES string of the molecule is NC(=O)OSCNc1ccccc1. The quantitative estimate of drug-likeness (QED) is 0.440. The molecule has 1 aromatic rings. The standard InChI is InChI=1S/C8H10N2O2S/c9-8(11)12-13-6-10-7-4-2-1-3-5-7/h1-5,10H,6H2,(H2,9,11). The molecule has 0 aliphatic carbocycles. The fourth-order valence-electron chi connectivity index (χ4n) is 0.756. The Labute approximate surface area is 80.7 Å². The molecule has 0 bridgehead atoms. The zero-order valence-corrected chi connectivity index (χ0v) is 7.71. The predicted octanol–water partition coefficient (Wildman–Crippen LogP) is 1.80. The van der Waals surface area contributed by atoms with Gasteiger partial charge in [-0.05, 0) is 12.1 Å². The molecule has 0 spiro atoms. The zero-order chi connectivity index (χ0) is 9.52. The van der Waals surface area contributed by atoms with Crippen molar-refractivity contribution in [2.45, 2.75) is 0 Å². The van der Waals surface area contributed by atoms with Crippen molar-refractivity contribution in [3.8, 4) is 0 Å². The largest absolute Gasteiger partial charge is 0.416 e. The maximum atomic E-state index is 10.2. The van der Waals surface area contributed by atoms with Gasteiger partial charge >= 0.3 is 6.09 Å². The van der Waals surface area contributed by atoms with E-state index >= 15 is 0 Å². The van der Waals surface area contributed by atoms with E-state index in [0.29, 0.717) is 5.88 Å². The summed E-state index contributed by atoms with van der Waals surface area (Å²) in [5.74, 6) is 0.479. The number of hydrogen-bond acceptors (Lipinski definition) is 4. The van der Waals surface area contributed by atoms with Gasteiger partial charge in [0, 0.05) is 5.69 Å². The van der Waals surface area contributed by atoms with E-state index in [-0.39, 0.29) is 0 Å². The van der Waals surface area contributed by atoms with E-state index in [1.54, 1.807) is 0 Å². The Hall–Kier alpha value is -1.36. The first kappa shape index (κ1) is 9.73. The van der Waals surface area contributed by atoms with Crippen molar-refractivity contribution in [1.29, 1.82) is 0 Å². The minimum Gasteiger partial charge on any atom is -0.373 e. The van der Waals surface area contributed by atoms with Crippen molar-refractivity contribution in [3.05, 3.63) is 30.3 Å². The summed E-state index contributed by atoms with van der Waals surface area (Å²) in [6.45, 7) is 0. The van der Waals surface area contributed by atoms with Crippen LogP contribution in [0, 0.1) is 0 Å². The minimum atomic E-state index is -0.778. The van der Waals surface area contributed by atoms with Gasteiger partial charge in [-0.2, -0.15) is 0 Å². The highest BCUT2D eigenvalue weighted by Crippen LogP contribution is 2.08. The second-order valence-electron chi connectivity index (χ2n) is 2.21. The molecule has 1 rings (SSSR count). The molecule has 0 atom stereocenters. The fourth-order valence-corrected chi connectivity index (χ4v) is 1.16. The van der Waals surface area contributed by atoms with Crippen molar-refractivity contribution < 1.29 is 8.98 Å². The molecule has 0 aliphatic heterocycles. The van der Waals surface area contributed by atoms with Crippen LogP contribution in [0.15, 0.2) is 30.3 Å². The normalized spacial score (nSPS) is 9.23. The fraction of sp³-hybridized carbons (Fsp3) is 0.125. The lowest BCUT2D eigenvalue weighted by molar-refractivity contribution is 0.218. The summed E-state index contributed by atoms with van der Waals surface area (Å²) in [4.78, 5) is 10.2. The number of benzene rings is 1. The number of anilines is 1. The highest BCUT2D eigenvalue weighted by Gasteiger charge is 1.94. The zero-order valence-electron chi connectivity index (χ0n) is 6.90. The van der Waals surface area contributed by atoms with Crippen LogP contribution in [-0.2, 0) is 4.18 Å². The van der Waals surface area contributed by atoms with Crippen LogP contribution < -0.4 is 11.1 Å². The predicted molar refractivity (Wildman–Crippen MR) is 53.2 cm³/mol. The molecule has 13 heavy (non-hydrogen) atoms. The Morgan fingerprint density at radius 1 is 1.46 bits per heavy atom. The summed E-state index contributed by atoms with van der Waals surface area (Å²) in [5, 5.41) is 3.03. The van der Waals surface area contributed by atoms with Crippen LogP contribution in [0.5, 0.6) is 0 Å². The number of nitrogens with two attached hydrogens (primary N) is 1. The molecule has 0 heterocycles. The number of para-hydroxylation sites is 1. The number of nitrogens with one attached hydrogen (secondary N) is 1. The van der Waals surface area contributed by atoms with Crippen LogP contribution in [-0.4, -0.2) is 12.0 Å². The summed E-state index contributed by atoms with van der Waals surface area (Å²) >= 11 is 0.971. The van der Waals surface area contributed by atoms with Gasteiger partial charge in [0.2, 0.25) is 0 Å². The van der Waals surface area contributed by atoms with Crippen molar-refractivity contribution >= 4 is 23.8 Å². The third kappa shape index (κ3) is 4.27. The number of primary amides is 1. The van der Waals surface area contributed by atoms with E-state index < -0.39 is 6.09 Å². The molecular formula is C8H10N2O2S. The molecule has 0 unspecified atom stereocenters. The molecule has 0 saturated heterocycles. The summed E-state index contributed by atoms with van der Waals surface area (Å²) in [6.07, 6.45) is -0.778. The van der Waals surface area contributed by atoms with Crippen LogP contribution in [0.25, 0.3) is 0 Å². The lowest BCUT2D eigenvalue weighted by Gasteiger charge is -2.03. The van der Waals surface area contributed by atoms with Gasteiger partial charge in [-0.3, -0.25) is 0 Å². The smallest absolute Gasteiger partial charge is 0.373 e. The van der Waals surface area contributed by atoms with Gasteiger partial charge in [-0.15, -0.1) is 0 Å². The molecule has 0 radical (unpaired) electrons. The van der Waals surface area contributed by atoms with Crippen LogP contribution >= 0.6 is 12.0 Å². The molecule has 1 aromatic carbocycles. The third-order valence-corrected chi connectivity index (χ3v) is 1.79. The Kier molecular flexibility index (Phi) is 3.98. The summed E-state index contributed by atoms with van der Waals surface area (Å²) in [7, 11) is 0. The molecule has 0 saturated carbocycles. The van der Waals surface area contributed by atoms with Crippen molar-refractivity contribution in [3.63, 3.8) is 0 Å². The van der Waals surface area contributed by atoms with E-state index in [0.717, 1.165) is 17.7 Å². The molecule has 4 nitrogen and oxygen atoms in total. The molecule has 0 aromatic heterocycles. The van der Waals surface area contributed by atoms with E-state index in [9.17, 15) is 4.79 Å². The highest BCUT2D eigenvalue weighted by molar-refractivity contribution is 7.95. The maximum absolute atomic E-state index is 10.2. The monoisotopic (exact) mass is 198 g/mol. The van der Waals surface area contributed by atoms with Crippen molar-refractivity contribution in [2.24, 2.45) is 5.73 Å². The molecule has 0 aliphatic rings. The van der Waals surface area contributed by atoms with Gasteiger partial charge in [0.25, 0.3) is 0 Å². The number of amides is 1. The summed E-state index contributed by atoms with van der Waals surface area (Å²) in [6, 6.07) is 9.61. The summed E-state index contributed by atoms with van der Waals surface area (Å²) < 4.78 is 4.46. The number of rotatable bonds is 4. The highest BCUT2D eigenvalue weighted by atomic mass is 32.2. The second-order valence-corrected chi connectivity index (χ2v) is 2.90. The van der Waals surface area contributed by atoms with Crippen LogP contribution in [0.2, 0.25) is 0 Å². The first-order valence-corrected chi connectivity index (χ1v) is 4.58. The number of carbonyl (C=O) groups is 1. The second kappa shape index (κ2) is 5.31. The molecule has 1 amide bonds. The van der Waals surface area contributed by atoms with Gasteiger partial charge in [-0.25, -0.2) is 4.79 Å². The third-order valence-electron chi connectivity index (χ3n) is 1.25. The van der Waals surface area contributed by atoms with E-state index in [1.807, 2.05) is 30.3 Å². The molecule has 3 N–H and O–H groups in total. The maximum Gasteiger partial charge on any atom is 0.416 e. The van der Waals surface area contributed by atoms with E-state index in [4.69, 9.17) is 5.73 Å². The topological polar surface area (TPSA) is 64.4 Å². The average molecular weight is 198 g/mol. The lowest BCUT2D eigenvalue weighted by atomic mass is 10.3.